The van der Waals surface area contributed by atoms with Crippen molar-refractivity contribution in [3.05, 3.63) is 29.3 Å². The lowest BCUT2D eigenvalue weighted by Crippen LogP contribution is -2.35. The maximum absolute atomic E-state index is 12.3. The topological polar surface area (TPSA) is 69.4 Å². The monoisotopic (exact) mass is 289 g/mol. The van der Waals surface area contributed by atoms with Crippen molar-refractivity contribution in [2.45, 2.75) is 29.0 Å². The molecule has 1 aromatic carbocycles. The van der Waals surface area contributed by atoms with Crippen molar-refractivity contribution >= 4 is 21.4 Å². The van der Waals surface area contributed by atoms with Crippen LogP contribution in [0.2, 0.25) is 5.02 Å². The fraction of sp³-hybridized carbons (Fsp3) is 0.500. The van der Waals surface area contributed by atoms with Gasteiger partial charge < -0.3 is 10.5 Å². The molecule has 0 unspecified atom stereocenters. The van der Waals surface area contributed by atoms with Gasteiger partial charge >= 0.3 is 0 Å². The highest BCUT2D eigenvalue weighted by molar-refractivity contribution is 7.92. The quantitative estimate of drug-likeness (QED) is 0.894. The third kappa shape index (κ3) is 2.54. The van der Waals surface area contributed by atoms with Gasteiger partial charge in [-0.15, -0.1) is 0 Å². The molecule has 18 heavy (non-hydrogen) atoms. The van der Waals surface area contributed by atoms with Crippen molar-refractivity contribution in [2.24, 2.45) is 5.73 Å². The van der Waals surface area contributed by atoms with Crippen LogP contribution in [-0.4, -0.2) is 32.4 Å². The van der Waals surface area contributed by atoms with Crippen LogP contribution in [0, 0.1) is 0 Å². The Morgan fingerprint density at radius 1 is 1.44 bits per heavy atom. The van der Waals surface area contributed by atoms with E-state index in [0.717, 1.165) is 0 Å². The molecular weight excluding hydrogens is 274 g/mol. The first-order chi connectivity index (χ1) is 8.40. The second-order valence-corrected chi connectivity index (χ2v) is 7.13. The van der Waals surface area contributed by atoms with Crippen LogP contribution in [0.5, 0.6) is 0 Å². The predicted molar refractivity (Wildman–Crippen MR) is 70.5 cm³/mol. The van der Waals surface area contributed by atoms with Crippen molar-refractivity contribution in [3.8, 4) is 0 Å². The van der Waals surface area contributed by atoms with Crippen LogP contribution in [0.15, 0.2) is 29.2 Å². The molecule has 0 amide bonds. The normalized spacial score (nSPS) is 27.2. The van der Waals surface area contributed by atoms with Crippen LogP contribution in [-0.2, 0) is 14.6 Å². The molecule has 1 aliphatic rings. The van der Waals surface area contributed by atoms with Crippen LogP contribution in [0.1, 0.15) is 13.3 Å². The van der Waals surface area contributed by atoms with E-state index in [-0.39, 0.29) is 11.5 Å². The molecule has 0 saturated heterocycles. The summed E-state index contributed by atoms with van der Waals surface area (Å²) in [6.07, 6.45) is 0.442. The largest absolute Gasteiger partial charge is 0.380 e. The maximum Gasteiger partial charge on any atom is 0.183 e. The molecule has 0 spiro atoms. The summed E-state index contributed by atoms with van der Waals surface area (Å²) in [5.41, 5.74) is 5.26. The first kappa shape index (κ1) is 13.8. The second kappa shape index (κ2) is 4.81. The Balaban J connectivity index is 2.17. The third-order valence-corrected chi connectivity index (χ3v) is 5.70. The third-order valence-electron chi connectivity index (χ3n) is 3.14. The van der Waals surface area contributed by atoms with Gasteiger partial charge in [-0.25, -0.2) is 8.42 Å². The molecule has 2 atom stereocenters. The van der Waals surface area contributed by atoms with Crippen LogP contribution < -0.4 is 5.73 Å². The molecule has 1 fully saturated rings. The van der Waals surface area contributed by atoms with Gasteiger partial charge in [0.25, 0.3) is 0 Å². The van der Waals surface area contributed by atoms with Gasteiger partial charge in [-0.05, 0) is 37.6 Å². The molecule has 0 radical (unpaired) electrons. The Morgan fingerprint density at radius 3 is 2.61 bits per heavy atom. The summed E-state index contributed by atoms with van der Waals surface area (Å²) in [4.78, 5) is 0.265. The van der Waals surface area contributed by atoms with E-state index < -0.39 is 20.6 Å². The average molecular weight is 290 g/mol. The van der Waals surface area contributed by atoms with E-state index in [1.165, 1.54) is 12.1 Å². The van der Waals surface area contributed by atoms with Crippen LogP contribution in [0.3, 0.4) is 0 Å². The molecule has 0 heterocycles. The smallest absolute Gasteiger partial charge is 0.183 e. The second-order valence-electron chi connectivity index (χ2n) is 4.56. The Hall–Kier alpha value is -0.620. The van der Waals surface area contributed by atoms with Crippen LogP contribution >= 0.6 is 11.6 Å². The number of hydrogen-bond donors (Lipinski definition) is 1. The number of halogens is 1. The predicted octanol–water partition coefficient (Wildman–Crippen LogP) is 1.62. The molecule has 100 valence electrons. The molecule has 1 aliphatic carbocycles. The van der Waals surface area contributed by atoms with Gasteiger partial charge in [0.05, 0.1) is 22.3 Å². The zero-order chi connectivity index (χ0) is 13.4. The van der Waals surface area contributed by atoms with E-state index in [0.29, 0.717) is 18.1 Å². The fourth-order valence-corrected chi connectivity index (χ4v) is 4.12. The van der Waals surface area contributed by atoms with Gasteiger partial charge in [0, 0.05) is 11.6 Å². The summed E-state index contributed by atoms with van der Waals surface area (Å²) in [5, 5.41) is -0.0456. The number of rotatable bonds is 5. The molecule has 0 aliphatic heterocycles. The zero-order valence-electron chi connectivity index (χ0n) is 10.1. The SMILES string of the molecule is CCOC[C@@]1(N)C[C@@H]1S(=O)(=O)c1ccc(Cl)cc1. The Bertz CT molecular complexity index is 529. The van der Waals surface area contributed by atoms with Gasteiger partial charge in [0.15, 0.2) is 9.84 Å². The highest BCUT2D eigenvalue weighted by atomic mass is 35.5. The van der Waals surface area contributed by atoms with E-state index >= 15 is 0 Å². The molecule has 1 aromatic rings. The molecule has 2 rings (SSSR count). The minimum atomic E-state index is -3.38. The van der Waals surface area contributed by atoms with Crippen molar-refractivity contribution in [1.29, 1.82) is 0 Å². The number of ether oxygens (including phenoxy) is 1. The minimum Gasteiger partial charge on any atom is -0.380 e. The van der Waals surface area contributed by atoms with Crippen LogP contribution in [0.4, 0.5) is 0 Å². The summed E-state index contributed by atoms with van der Waals surface area (Å²) in [6.45, 7) is 2.67. The summed E-state index contributed by atoms with van der Waals surface area (Å²) in [6, 6.07) is 6.16. The first-order valence-electron chi connectivity index (χ1n) is 5.76. The standard InChI is InChI=1S/C12H16ClNO3S/c1-2-17-8-12(14)7-11(12)18(15,16)10-5-3-9(13)4-6-10/h3-6,11H,2,7-8,14H2,1H3/t11-,12-/m0/s1. The van der Waals surface area contributed by atoms with Gasteiger partial charge in [0.2, 0.25) is 0 Å². The van der Waals surface area contributed by atoms with E-state index in [2.05, 4.69) is 0 Å². The van der Waals surface area contributed by atoms with E-state index in [9.17, 15) is 8.42 Å². The van der Waals surface area contributed by atoms with Gasteiger partial charge in [-0.2, -0.15) is 0 Å². The molecule has 1 saturated carbocycles. The molecule has 2 N–H and O–H groups in total. The maximum atomic E-state index is 12.3. The summed E-state index contributed by atoms with van der Waals surface area (Å²) in [7, 11) is -3.38. The van der Waals surface area contributed by atoms with E-state index in [1.54, 1.807) is 12.1 Å². The number of hydrogen-bond acceptors (Lipinski definition) is 4. The molecular formula is C12H16ClNO3S. The van der Waals surface area contributed by atoms with Crippen molar-refractivity contribution < 1.29 is 13.2 Å². The fourth-order valence-electron chi connectivity index (χ4n) is 1.94. The highest BCUT2D eigenvalue weighted by Crippen LogP contribution is 2.42. The van der Waals surface area contributed by atoms with E-state index in [1.807, 2.05) is 6.92 Å². The van der Waals surface area contributed by atoms with Crippen molar-refractivity contribution in [2.75, 3.05) is 13.2 Å². The van der Waals surface area contributed by atoms with E-state index in [4.69, 9.17) is 22.1 Å². The summed E-state index contributed by atoms with van der Waals surface area (Å²) < 4.78 is 29.8. The minimum absolute atomic E-state index is 0.265. The molecule has 6 heteroatoms. The lowest BCUT2D eigenvalue weighted by atomic mass is 10.3. The lowest BCUT2D eigenvalue weighted by molar-refractivity contribution is 0.127. The Labute approximate surface area is 112 Å². The lowest BCUT2D eigenvalue weighted by Gasteiger charge is -2.11. The number of nitrogens with two attached hydrogens (primary N) is 1. The highest BCUT2D eigenvalue weighted by Gasteiger charge is 2.59. The Morgan fingerprint density at radius 2 is 2.06 bits per heavy atom. The van der Waals surface area contributed by atoms with Gasteiger partial charge in [-0.3, -0.25) is 0 Å². The molecule has 0 bridgehead atoms. The first-order valence-corrected chi connectivity index (χ1v) is 7.68. The van der Waals surface area contributed by atoms with Gasteiger partial charge in [0.1, 0.15) is 0 Å². The van der Waals surface area contributed by atoms with Crippen LogP contribution in [0.25, 0.3) is 0 Å². The summed E-state index contributed by atoms with van der Waals surface area (Å²) >= 11 is 5.74. The number of sulfone groups is 1. The zero-order valence-corrected chi connectivity index (χ0v) is 11.7. The number of benzene rings is 1. The van der Waals surface area contributed by atoms with Gasteiger partial charge in [-0.1, -0.05) is 11.6 Å². The Kier molecular flexibility index (Phi) is 3.69. The molecule has 0 aromatic heterocycles. The average Bonchev–Trinajstić information content (AvgIpc) is 3.01. The summed E-state index contributed by atoms with van der Waals surface area (Å²) in [5.74, 6) is 0. The molecule has 4 nitrogen and oxygen atoms in total. The van der Waals surface area contributed by atoms with Crippen molar-refractivity contribution in [1.82, 2.24) is 0 Å². The van der Waals surface area contributed by atoms with Crippen molar-refractivity contribution in [3.63, 3.8) is 0 Å².